The van der Waals surface area contributed by atoms with Crippen LogP contribution < -0.4 is 0 Å². The zero-order valence-corrected chi connectivity index (χ0v) is 17.6. The van der Waals surface area contributed by atoms with Crippen molar-refractivity contribution in [2.24, 2.45) is 0 Å². The molecular formula is C27H31NO. The molecule has 0 saturated heterocycles. The molecule has 0 aliphatic carbocycles. The molecule has 1 aromatic heterocycles. The van der Waals surface area contributed by atoms with Crippen LogP contribution in [-0.2, 0) is 12.8 Å². The molecule has 0 aliphatic rings. The van der Waals surface area contributed by atoms with Crippen LogP contribution in [0, 0.1) is 6.92 Å². The molecule has 0 amide bonds. The summed E-state index contributed by atoms with van der Waals surface area (Å²) in [4.78, 5) is 17.5. The van der Waals surface area contributed by atoms with Crippen molar-refractivity contribution in [3.05, 3.63) is 101 Å². The van der Waals surface area contributed by atoms with Crippen molar-refractivity contribution in [1.82, 2.24) is 4.98 Å². The van der Waals surface area contributed by atoms with E-state index in [0.717, 1.165) is 43.4 Å². The van der Waals surface area contributed by atoms with Gasteiger partial charge in [0, 0.05) is 12.1 Å². The summed E-state index contributed by atoms with van der Waals surface area (Å²) in [5.41, 5.74) is 5.36. The number of aromatic nitrogens is 1. The lowest BCUT2D eigenvalue weighted by Gasteiger charge is -2.12. The minimum absolute atomic E-state index is 0.174. The van der Waals surface area contributed by atoms with Gasteiger partial charge in [-0.1, -0.05) is 73.7 Å². The minimum Gasteiger partial charge on any atom is -0.292 e. The zero-order valence-electron chi connectivity index (χ0n) is 17.6. The van der Waals surface area contributed by atoms with Gasteiger partial charge in [-0.3, -0.25) is 4.79 Å². The Morgan fingerprint density at radius 1 is 0.862 bits per heavy atom. The van der Waals surface area contributed by atoms with E-state index in [1.807, 2.05) is 25.1 Å². The van der Waals surface area contributed by atoms with Crippen LogP contribution in [-0.4, -0.2) is 10.8 Å². The zero-order chi connectivity index (χ0) is 20.5. The highest BCUT2D eigenvalue weighted by Gasteiger charge is 2.13. The third kappa shape index (κ3) is 6.39. The fourth-order valence-electron chi connectivity index (χ4n) is 3.74. The third-order valence-electron chi connectivity index (χ3n) is 5.57. The normalized spacial score (nSPS) is 11.9. The Hall–Kier alpha value is -2.74. The Kier molecular flexibility index (Phi) is 7.75. The number of hydrogen-bond acceptors (Lipinski definition) is 2. The van der Waals surface area contributed by atoms with Crippen molar-refractivity contribution in [3.8, 4) is 0 Å². The second-order valence-electron chi connectivity index (χ2n) is 7.93. The summed E-state index contributed by atoms with van der Waals surface area (Å²) in [6.07, 6.45) is 5.47. The van der Waals surface area contributed by atoms with E-state index in [2.05, 4.69) is 61.5 Å². The van der Waals surface area contributed by atoms with Gasteiger partial charge in [0.1, 0.15) is 5.69 Å². The number of Topliss-reactive ketones (excluding diaryl/α,β-unsaturated/α-hetero) is 1. The van der Waals surface area contributed by atoms with E-state index in [0.29, 0.717) is 18.0 Å². The lowest BCUT2D eigenvalue weighted by molar-refractivity contribution is 0.0973. The first kappa shape index (κ1) is 21.0. The standard InChI is InChI=1S/C27H31NO/c1-21(24-15-7-4-8-16-24)11-9-18-26(29)27-22(2)19-20-25(28-27)17-10-14-23-12-5-3-6-13-23/h3-8,12-13,15-16,19-21H,9-11,14,17-18H2,1-2H3. The van der Waals surface area contributed by atoms with Gasteiger partial charge in [-0.2, -0.15) is 0 Å². The smallest absolute Gasteiger partial charge is 0.181 e. The summed E-state index contributed by atoms with van der Waals surface area (Å²) in [6, 6.07) is 25.2. The molecule has 0 saturated carbocycles. The Morgan fingerprint density at radius 2 is 1.55 bits per heavy atom. The summed E-state index contributed by atoms with van der Waals surface area (Å²) < 4.78 is 0. The van der Waals surface area contributed by atoms with Crippen LogP contribution in [0.2, 0.25) is 0 Å². The molecule has 2 heteroatoms. The molecule has 1 atom stereocenters. The molecule has 3 rings (SSSR count). The van der Waals surface area contributed by atoms with E-state index in [4.69, 9.17) is 4.98 Å². The van der Waals surface area contributed by atoms with Crippen molar-refractivity contribution in [1.29, 1.82) is 0 Å². The number of aryl methyl sites for hydroxylation is 3. The number of hydrogen-bond donors (Lipinski definition) is 0. The topological polar surface area (TPSA) is 30.0 Å². The second-order valence-corrected chi connectivity index (χ2v) is 7.93. The number of carbonyl (C=O) groups excluding carboxylic acids is 1. The molecule has 0 aliphatic heterocycles. The first-order valence-corrected chi connectivity index (χ1v) is 10.7. The molecule has 3 aromatic rings. The molecule has 0 bridgehead atoms. The van der Waals surface area contributed by atoms with E-state index >= 15 is 0 Å². The fraction of sp³-hybridized carbons (Fsp3) is 0.333. The number of rotatable bonds is 10. The van der Waals surface area contributed by atoms with Crippen LogP contribution in [0.25, 0.3) is 0 Å². The first-order valence-electron chi connectivity index (χ1n) is 10.7. The molecule has 0 N–H and O–H groups in total. The highest BCUT2D eigenvalue weighted by atomic mass is 16.1. The Labute approximate surface area is 175 Å². The van der Waals surface area contributed by atoms with Gasteiger partial charge >= 0.3 is 0 Å². The molecule has 0 fully saturated rings. The summed E-state index contributed by atoms with van der Waals surface area (Å²) in [7, 11) is 0. The molecule has 1 heterocycles. The van der Waals surface area contributed by atoms with Gasteiger partial charge in [-0.15, -0.1) is 0 Å². The highest BCUT2D eigenvalue weighted by Crippen LogP contribution is 2.22. The van der Waals surface area contributed by atoms with E-state index in [9.17, 15) is 4.79 Å². The van der Waals surface area contributed by atoms with Gasteiger partial charge in [0.25, 0.3) is 0 Å². The van der Waals surface area contributed by atoms with Crippen LogP contribution in [0.15, 0.2) is 72.8 Å². The van der Waals surface area contributed by atoms with Gasteiger partial charge in [-0.25, -0.2) is 4.98 Å². The molecule has 2 nitrogen and oxygen atoms in total. The first-order chi connectivity index (χ1) is 14.1. The average molecular weight is 386 g/mol. The summed E-state index contributed by atoms with van der Waals surface area (Å²) >= 11 is 0. The van der Waals surface area contributed by atoms with Gasteiger partial charge < -0.3 is 0 Å². The van der Waals surface area contributed by atoms with Gasteiger partial charge in [0.15, 0.2) is 5.78 Å². The quantitative estimate of drug-likeness (QED) is 0.362. The van der Waals surface area contributed by atoms with Crippen LogP contribution in [0.3, 0.4) is 0 Å². The monoisotopic (exact) mass is 385 g/mol. The lowest BCUT2D eigenvalue weighted by Crippen LogP contribution is -2.08. The Morgan fingerprint density at radius 3 is 2.28 bits per heavy atom. The Balaban J connectivity index is 1.51. The molecule has 0 radical (unpaired) electrons. The number of carbonyl (C=O) groups is 1. The largest absolute Gasteiger partial charge is 0.292 e. The minimum atomic E-state index is 0.174. The predicted molar refractivity (Wildman–Crippen MR) is 120 cm³/mol. The van der Waals surface area contributed by atoms with Crippen LogP contribution >= 0.6 is 0 Å². The van der Waals surface area contributed by atoms with Gasteiger partial charge in [-0.05, 0) is 67.7 Å². The van der Waals surface area contributed by atoms with E-state index in [1.165, 1.54) is 11.1 Å². The second kappa shape index (κ2) is 10.7. The van der Waals surface area contributed by atoms with Gasteiger partial charge in [0.05, 0.1) is 0 Å². The van der Waals surface area contributed by atoms with Gasteiger partial charge in [0.2, 0.25) is 0 Å². The number of benzene rings is 2. The average Bonchev–Trinajstić information content (AvgIpc) is 2.76. The lowest BCUT2D eigenvalue weighted by atomic mass is 9.94. The highest BCUT2D eigenvalue weighted by molar-refractivity contribution is 5.95. The van der Waals surface area contributed by atoms with Crippen molar-refractivity contribution < 1.29 is 4.79 Å². The molecular weight excluding hydrogens is 354 g/mol. The molecule has 2 aromatic carbocycles. The van der Waals surface area contributed by atoms with Crippen molar-refractivity contribution in [2.75, 3.05) is 0 Å². The van der Waals surface area contributed by atoms with Crippen molar-refractivity contribution >= 4 is 5.78 Å². The molecule has 29 heavy (non-hydrogen) atoms. The predicted octanol–water partition coefficient (Wildman–Crippen LogP) is 6.72. The number of pyridine rings is 1. The van der Waals surface area contributed by atoms with E-state index in [1.54, 1.807) is 0 Å². The molecule has 150 valence electrons. The van der Waals surface area contributed by atoms with Crippen LogP contribution in [0.4, 0.5) is 0 Å². The summed E-state index contributed by atoms with van der Waals surface area (Å²) in [6.45, 7) is 4.22. The maximum Gasteiger partial charge on any atom is 0.181 e. The maximum absolute atomic E-state index is 12.8. The van der Waals surface area contributed by atoms with E-state index in [-0.39, 0.29) is 5.78 Å². The maximum atomic E-state index is 12.8. The third-order valence-corrected chi connectivity index (χ3v) is 5.57. The number of nitrogens with zero attached hydrogens (tertiary/aromatic N) is 1. The van der Waals surface area contributed by atoms with Crippen molar-refractivity contribution in [2.45, 2.75) is 58.3 Å². The summed E-state index contributed by atoms with van der Waals surface area (Å²) in [5, 5.41) is 0. The SMILES string of the molecule is Cc1ccc(CCCc2ccccc2)nc1C(=O)CCCC(C)c1ccccc1. The van der Waals surface area contributed by atoms with Crippen molar-refractivity contribution in [3.63, 3.8) is 0 Å². The Bertz CT molecular complexity index is 902. The fourth-order valence-corrected chi connectivity index (χ4v) is 3.74. The number of ketones is 1. The summed E-state index contributed by atoms with van der Waals surface area (Å²) in [5.74, 6) is 0.648. The molecule has 0 spiro atoms. The van der Waals surface area contributed by atoms with E-state index < -0.39 is 0 Å². The van der Waals surface area contributed by atoms with Crippen LogP contribution in [0.5, 0.6) is 0 Å². The van der Waals surface area contributed by atoms with Crippen LogP contribution in [0.1, 0.15) is 71.4 Å². The molecule has 1 unspecified atom stereocenters.